The number of aromatic carboxylic acids is 1. The zero-order valence-corrected chi connectivity index (χ0v) is 17.2. The molecule has 29 heavy (non-hydrogen) atoms. The molecule has 1 aromatic heterocycles. The number of carbonyl (C=O) groups is 2. The second kappa shape index (κ2) is 7.99. The highest BCUT2D eigenvalue weighted by Gasteiger charge is 2.19. The third-order valence-electron chi connectivity index (χ3n) is 5.41. The van der Waals surface area contributed by atoms with Crippen LogP contribution in [0, 0.1) is 13.8 Å². The number of esters is 1. The molecule has 1 N–H and O–H groups in total. The quantitative estimate of drug-likeness (QED) is 0.622. The fourth-order valence-electron chi connectivity index (χ4n) is 3.63. The predicted molar refractivity (Wildman–Crippen MR) is 111 cm³/mol. The molecule has 0 bridgehead atoms. The van der Waals surface area contributed by atoms with Crippen molar-refractivity contribution >= 4 is 22.8 Å². The molecule has 0 amide bonds. The minimum atomic E-state index is -0.929. The SMILES string of the molecule is COC(=O)[C@H](C)Oc1ccc(C(C)n2c(C)c(C)c3cc(C(=O)O)ccc32)cc1. The van der Waals surface area contributed by atoms with Gasteiger partial charge in [0.15, 0.2) is 6.10 Å². The lowest BCUT2D eigenvalue weighted by Crippen LogP contribution is -2.24. The summed E-state index contributed by atoms with van der Waals surface area (Å²) in [7, 11) is 1.33. The molecular weight excluding hydrogens is 370 g/mol. The Morgan fingerprint density at radius 1 is 1.03 bits per heavy atom. The summed E-state index contributed by atoms with van der Waals surface area (Å²) in [6.45, 7) is 7.80. The Balaban J connectivity index is 1.93. The lowest BCUT2D eigenvalue weighted by molar-refractivity contribution is -0.147. The Hall–Kier alpha value is -3.28. The van der Waals surface area contributed by atoms with Gasteiger partial charge in [-0.25, -0.2) is 9.59 Å². The monoisotopic (exact) mass is 395 g/mol. The summed E-state index contributed by atoms with van der Waals surface area (Å²) in [6, 6.07) is 12.9. The van der Waals surface area contributed by atoms with Crippen LogP contribution in [0.5, 0.6) is 5.75 Å². The first-order chi connectivity index (χ1) is 13.7. The Labute approximate surface area is 169 Å². The molecule has 3 rings (SSSR count). The molecule has 6 heteroatoms. The Bertz CT molecular complexity index is 1070. The summed E-state index contributed by atoms with van der Waals surface area (Å²) in [4.78, 5) is 22.8. The number of hydrogen-bond acceptors (Lipinski definition) is 4. The minimum Gasteiger partial charge on any atom is -0.479 e. The van der Waals surface area contributed by atoms with Crippen molar-refractivity contribution < 1.29 is 24.2 Å². The average molecular weight is 395 g/mol. The highest BCUT2D eigenvalue weighted by atomic mass is 16.6. The number of aryl methyl sites for hydroxylation is 1. The minimum absolute atomic E-state index is 0.0361. The van der Waals surface area contributed by atoms with Crippen LogP contribution >= 0.6 is 0 Å². The highest BCUT2D eigenvalue weighted by Crippen LogP contribution is 2.32. The van der Waals surface area contributed by atoms with E-state index in [-0.39, 0.29) is 11.6 Å². The van der Waals surface area contributed by atoms with Crippen molar-refractivity contribution in [1.29, 1.82) is 0 Å². The van der Waals surface area contributed by atoms with Gasteiger partial charge in [0.05, 0.1) is 18.7 Å². The Kier molecular flexibility index (Phi) is 5.64. The zero-order chi connectivity index (χ0) is 21.3. The van der Waals surface area contributed by atoms with Crippen molar-refractivity contribution in [2.45, 2.75) is 39.8 Å². The van der Waals surface area contributed by atoms with E-state index in [0.29, 0.717) is 5.75 Å². The van der Waals surface area contributed by atoms with Crippen molar-refractivity contribution in [2.24, 2.45) is 0 Å². The van der Waals surface area contributed by atoms with E-state index in [0.717, 1.165) is 27.7 Å². The van der Waals surface area contributed by atoms with E-state index >= 15 is 0 Å². The number of carboxylic acids is 1. The standard InChI is InChI=1S/C23H25NO5/c1-13-14(2)24(21-11-8-18(22(25)26)12-20(13)21)15(3)17-6-9-19(10-7-17)29-16(4)23(27)28-5/h6-12,15-16H,1-5H3,(H,25,26)/t15?,16-/m0/s1. The van der Waals surface area contributed by atoms with E-state index < -0.39 is 18.0 Å². The predicted octanol–water partition coefficient (Wildman–Crippen LogP) is 4.51. The van der Waals surface area contributed by atoms with Crippen LogP contribution in [0.15, 0.2) is 42.5 Å². The number of benzene rings is 2. The largest absolute Gasteiger partial charge is 0.479 e. The lowest BCUT2D eigenvalue weighted by atomic mass is 10.1. The van der Waals surface area contributed by atoms with Crippen LogP contribution < -0.4 is 4.74 Å². The molecule has 0 fully saturated rings. The van der Waals surface area contributed by atoms with Gasteiger partial charge in [0, 0.05) is 16.6 Å². The first kappa shape index (κ1) is 20.5. The van der Waals surface area contributed by atoms with Gasteiger partial charge in [-0.05, 0) is 69.2 Å². The fourth-order valence-corrected chi connectivity index (χ4v) is 3.63. The molecule has 0 aliphatic heterocycles. The van der Waals surface area contributed by atoms with Crippen LogP contribution in [0.25, 0.3) is 10.9 Å². The molecule has 0 aliphatic rings. The van der Waals surface area contributed by atoms with Crippen molar-refractivity contribution in [2.75, 3.05) is 7.11 Å². The van der Waals surface area contributed by atoms with Gasteiger partial charge in [-0.2, -0.15) is 0 Å². The number of aromatic nitrogens is 1. The summed E-state index contributed by atoms with van der Waals surface area (Å²) >= 11 is 0. The molecule has 2 aromatic carbocycles. The van der Waals surface area contributed by atoms with E-state index in [1.54, 1.807) is 19.1 Å². The van der Waals surface area contributed by atoms with E-state index in [2.05, 4.69) is 16.2 Å². The number of carbonyl (C=O) groups excluding carboxylic acids is 1. The number of rotatable bonds is 6. The van der Waals surface area contributed by atoms with Gasteiger partial charge in [-0.15, -0.1) is 0 Å². The second-order valence-corrected chi connectivity index (χ2v) is 7.15. The maximum absolute atomic E-state index is 11.5. The number of hydrogen-bond donors (Lipinski definition) is 1. The topological polar surface area (TPSA) is 77.8 Å². The van der Waals surface area contributed by atoms with Crippen molar-refractivity contribution in [3.63, 3.8) is 0 Å². The average Bonchev–Trinajstić information content (AvgIpc) is 2.97. The molecule has 3 aromatic rings. The summed E-state index contributed by atoms with van der Waals surface area (Å²) < 4.78 is 12.5. The van der Waals surface area contributed by atoms with Gasteiger partial charge >= 0.3 is 11.9 Å². The van der Waals surface area contributed by atoms with Crippen LogP contribution in [-0.2, 0) is 9.53 Å². The molecule has 0 radical (unpaired) electrons. The number of nitrogens with zero attached hydrogens (tertiary/aromatic N) is 1. The van der Waals surface area contributed by atoms with Gasteiger partial charge in [0.2, 0.25) is 0 Å². The molecule has 2 atom stereocenters. The van der Waals surface area contributed by atoms with Crippen LogP contribution in [0.1, 0.15) is 47.1 Å². The van der Waals surface area contributed by atoms with Crippen molar-refractivity contribution in [1.82, 2.24) is 4.57 Å². The van der Waals surface area contributed by atoms with E-state index in [1.165, 1.54) is 7.11 Å². The maximum Gasteiger partial charge on any atom is 0.346 e. The molecule has 0 saturated carbocycles. The Morgan fingerprint density at radius 2 is 1.69 bits per heavy atom. The van der Waals surface area contributed by atoms with Gasteiger partial charge in [-0.3, -0.25) is 0 Å². The molecule has 1 unspecified atom stereocenters. The summed E-state index contributed by atoms with van der Waals surface area (Å²) in [5.41, 5.74) is 4.52. The number of fused-ring (bicyclic) bond motifs is 1. The summed E-state index contributed by atoms with van der Waals surface area (Å²) in [6.07, 6.45) is -0.676. The first-order valence-corrected chi connectivity index (χ1v) is 9.43. The van der Waals surface area contributed by atoms with Crippen LogP contribution in [-0.4, -0.2) is 34.8 Å². The summed E-state index contributed by atoms with van der Waals surface area (Å²) in [5.74, 6) is -0.759. The van der Waals surface area contributed by atoms with E-state index in [9.17, 15) is 14.7 Å². The van der Waals surface area contributed by atoms with Gasteiger partial charge in [0.25, 0.3) is 0 Å². The van der Waals surface area contributed by atoms with E-state index in [1.807, 2.05) is 44.2 Å². The van der Waals surface area contributed by atoms with Crippen LogP contribution in [0.3, 0.4) is 0 Å². The van der Waals surface area contributed by atoms with Gasteiger partial charge in [-0.1, -0.05) is 12.1 Å². The van der Waals surface area contributed by atoms with Crippen LogP contribution in [0.2, 0.25) is 0 Å². The van der Waals surface area contributed by atoms with Gasteiger partial charge in [0.1, 0.15) is 5.75 Å². The number of ether oxygens (including phenoxy) is 2. The third kappa shape index (κ3) is 3.83. The first-order valence-electron chi connectivity index (χ1n) is 9.43. The zero-order valence-electron chi connectivity index (χ0n) is 17.2. The normalized spacial score (nSPS) is 13.1. The molecule has 0 spiro atoms. The molecule has 152 valence electrons. The molecule has 0 aliphatic carbocycles. The molecule has 6 nitrogen and oxygen atoms in total. The molecule has 0 saturated heterocycles. The fraction of sp³-hybridized carbons (Fsp3) is 0.304. The maximum atomic E-state index is 11.5. The van der Waals surface area contributed by atoms with Crippen LogP contribution in [0.4, 0.5) is 0 Å². The number of methoxy groups -OCH3 is 1. The summed E-state index contributed by atoms with van der Waals surface area (Å²) in [5, 5.41) is 10.2. The Morgan fingerprint density at radius 3 is 2.28 bits per heavy atom. The van der Waals surface area contributed by atoms with Gasteiger partial charge < -0.3 is 19.1 Å². The van der Waals surface area contributed by atoms with E-state index in [4.69, 9.17) is 4.74 Å². The smallest absolute Gasteiger partial charge is 0.346 e. The molecular formula is C23H25NO5. The van der Waals surface area contributed by atoms with Crippen molar-refractivity contribution in [3.8, 4) is 5.75 Å². The third-order valence-corrected chi connectivity index (χ3v) is 5.41. The van der Waals surface area contributed by atoms with Crippen molar-refractivity contribution in [3.05, 3.63) is 64.8 Å². The highest BCUT2D eigenvalue weighted by molar-refractivity contribution is 5.95. The molecule has 1 heterocycles. The lowest BCUT2D eigenvalue weighted by Gasteiger charge is -2.19. The second-order valence-electron chi connectivity index (χ2n) is 7.15. The number of carboxylic acid groups (broad SMARTS) is 1.